The molecule has 2 atom stereocenters. The zero-order chi connectivity index (χ0) is 19.4. The van der Waals surface area contributed by atoms with Gasteiger partial charge in [-0.1, -0.05) is 0 Å². The van der Waals surface area contributed by atoms with Gasteiger partial charge in [0.1, 0.15) is 17.4 Å². The molecule has 1 saturated heterocycles. The van der Waals surface area contributed by atoms with Gasteiger partial charge in [0.15, 0.2) is 5.82 Å². The van der Waals surface area contributed by atoms with Crippen LogP contribution in [0.4, 0.5) is 11.5 Å². The summed E-state index contributed by atoms with van der Waals surface area (Å²) in [5, 5.41) is 25.9. The average Bonchev–Trinajstić information content (AvgIpc) is 3.11. The quantitative estimate of drug-likeness (QED) is 0.821. The van der Waals surface area contributed by atoms with E-state index in [1.165, 1.54) is 13.3 Å². The Balaban J connectivity index is 1.94. The van der Waals surface area contributed by atoms with Crippen LogP contribution in [-0.4, -0.2) is 36.0 Å². The normalized spacial score (nSPS) is 18.9. The summed E-state index contributed by atoms with van der Waals surface area (Å²) >= 11 is 0. The van der Waals surface area contributed by atoms with Gasteiger partial charge in [0, 0.05) is 24.6 Å². The predicted octanol–water partition coefficient (Wildman–Crippen LogP) is 1.71. The van der Waals surface area contributed by atoms with Crippen molar-refractivity contribution in [1.82, 2.24) is 9.78 Å². The van der Waals surface area contributed by atoms with Gasteiger partial charge in [-0.3, -0.25) is 9.48 Å². The van der Waals surface area contributed by atoms with E-state index >= 15 is 0 Å². The van der Waals surface area contributed by atoms with Crippen LogP contribution in [0.15, 0.2) is 24.4 Å². The molecular weight excluding hydrogens is 348 g/mol. The summed E-state index contributed by atoms with van der Waals surface area (Å²) in [7, 11) is 1.47. The summed E-state index contributed by atoms with van der Waals surface area (Å²) in [6.45, 7) is 0.858. The minimum Gasteiger partial charge on any atom is -0.495 e. The number of carbonyl (C=O) groups excluding carboxylic acids is 1. The number of hydrogen-bond donors (Lipinski definition) is 2. The Hall–Kier alpha value is -3.56. The highest BCUT2D eigenvalue weighted by Crippen LogP contribution is 2.30. The molecule has 1 amide bonds. The van der Waals surface area contributed by atoms with Crippen LogP contribution in [0.5, 0.6) is 5.75 Å². The monoisotopic (exact) mass is 366 g/mol. The number of carbonyl (C=O) groups is 1. The molecule has 1 aliphatic heterocycles. The number of amides is 1. The Kier molecular flexibility index (Phi) is 5.25. The summed E-state index contributed by atoms with van der Waals surface area (Å²) in [5.74, 6) is -0.249. The molecule has 3 N–H and O–H groups in total. The number of anilines is 2. The molecule has 1 aromatic heterocycles. The molecular formula is C18H18N6O3. The molecule has 0 bridgehead atoms. The number of aromatic nitrogens is 2. The van der Waals surface area contributed by atoms with Gasteiger partial charge in [0.2, 0.25) is 0 Å². The second-order valence-corrected chi connectivity index (χ2v) is 6.05. The first kappa shape index (κ1) is 18.2. The third kappa shape index (κ3) is 3.68. The van der Waals surface area contributed by atoms with Crippen molar-refractivity contribution in [3.8, 4) is 17.9 Å². The van der Waals surface area contributed by atoms with E-state index in [-0.39, 0.29) is 23.3 Å². The lowest BCUT2D eigenvalue weighted by molar-refractivity contribution is 0.0342. The lowest BCUT2D eigenvalue weighted by atomic mass is 9.97. The number of primary amides is 1. The maximum Gasteiger partial charge on any atom is 0.254 e. The molecule has 0 radical (unpaired) electrons. The Morgan fingerprint density at radius 3 is 2.96 bits per heavy atom. The van der Waals surface area contributed by atoms with Crippen molar-refractivity contribution in [2.75, 3.05) is 25.6 Å². The van der Waals surface area contributed by atoms with Crippen LogP contribution >= 0.6 is 0 Å². The van der Waals surface area contributed by atoms with E-state index < -0.39 is 5.91 Å². The summed E-state index contributed by atoms with van der Waals surface area (Å²) < 4.78 is 12.2. The lowest BCUT2D eigenvalue weighted by Gasteiger charge is -2.26. The second kappa shape index (κ2) is 7.77. The van der Waals surface area contributed by atoms with Gasteiger partial charge in [-0.15, -0.1) is 0 Å². The first-order valence-electron chi connectivity index (χ1n) is 8.28. The molecule has 138 valence electrons. The summed E-state index contributed by atoms with van der Waals surface area (Å²) in [4.78, 5) is 11.8. The third-order valence-corrected chi connectivity index (χ3v) is 4.41. The van der Waals surface area contributed by atoms with E-state index in [0.717, 1.165) is 0 Å². The molecule has 3 rings (SSSR count). The topological polar surface area (TPSA) is 139 Å². The van der Waals surface area contributed by atoms with E-state index in [0.29, 0.717) is 36.6 Å². The maximum atomic E-state index is 11.8. The number of ether oxygens (including phenoxy) is 2. The van der Waals surface area contributed by atoms with Crippen molar-refractivity contribution >= 4 is 17.4 Å². The predicted molar refractivity (Wildman–Crippen MR) is 95.3 cm³/mol. The molecule has 1 aliphatic rings. The van der Waals surface area contributed by atoms with Gasteiger partial charge < -0.3 is 20.5 Å². The number of methoxy groups -OCH3 is 1. The highest BCUT2D eigenvalue weighted by molar-refractivity contribution is 5.98. The number of hydrogen-bond acceptors (Lipinski definition) is 7. The Morgan fingerprint density at radius 2 is 2.30 bits per heavy atom. The Morgan fingerprint density at radius 1 is 1.48 bits per heavy atom. The smallest absolute Gasteiger partial charge is 0.254 e. The highest BCUT2D eigenvalue weighted by atomic mass is 16.5. The van der Waals surface area contributed by atoms with Crippen molar-refractivity contribution in [3.05, 3.63) is 35.5 Å². The zero-order valence-corrected chi connectivity index (χ0v) is 14.7. The van der Waals surface area contributed by atoms with Crippen LogP contribution in [-0.2, 0) is 4.74 Å². The van der Waals surface area contributed by atoms with E-state index in [1.807, 2.05) is 6.07 Å². The van der Waals surface area contributed by atoms with Crippen molar-refractivity contribution in [2.45, 2.75) is 12.5 Å². The van der Waals surface area contributed by atoms with E-state index in [1.54, 1.807) is 22.9 Å². The molecule has 1 aromatic carbocycles. The highest BCUT2D eigenvalue weighted by Gasteiger charge is 2.29. The van der Waals surface area contributed by atoms with Gasteiger partial charge in [0.25, 0.3) is 5.91 Å². The minimum absolute atomic E-state index is 0.195. The molecule has 2 heterocycles. The standard InChI is InChI=1S/C18H18N6O3/c1-26-16-6-13(3-2-12(16)8-20)22-18-14(17(21)25)9-24(23-18)15-10-27-5-4-11(15)7-19/h2-3,6,9,11,15H,4-5,10H2,1H3,(H2,21,25)(H,22,23). The number of nitrogens with two attached hydrogens (primary N) is 1. The van der Waals surface area contributed by atoms with Crippen LogP contribution in [0.3, 0.4) is 0 Å². The summed E-state index contributed by atoms with van der Waals surface area (Å²) in [5.41, 5.74) is 6.65. The molecule has 1 fully saturated rings. The van der Waals surface area contributed by atoms with Crippen LogP contribution in [0.1, 0.15) is 28.4 Å². The number of rotatable bonds is 5. The average molecular weight is 366 g/mol. The van der Waals surface area contributed by atoms with Crippen molar-refractivity contribution < 1.29 is 14.3 Å². The summed E-state index contributed by atoms with van der Waals surface area (Å²) in [6, 6.07) is 8.90. The van der Waals surface area contributed by atoms with Gasteiger partial charge in [-0.25, -0.2) is 0 Å². The van der Waals surface area contributed by atoms with Crippen LogP contribution in [0, 0.1) is 28.6 Å². The molecule has 0 saturated carbocycles. The van der Waals surface area contributed by atoms with Crippen molar-refractivity contribution in [1.29, 1.82) is 10.5 Å². The Labute approximate surface area is 155 Å². The molecule has 0 spiro atoms. The van der Waals surface area contributed by atoms with Crippen LogP contribution in [0.2, 0.25) is 0 Å². The Bertz CT molecular complexity index is 940. The van der Waals surface area contributed by atoms with Gasteiger partial charge >= 0.3 is 0 Å². The molecule has 9 nitrogen and oxygen atoms in total. The molecule has 2 unspecified atom stereocenters. The second-order valence-electron chi connectivity index (χ2n) is 6.05. The molecule has 0 aliphatic carbocycles. The van der Waals surface area contributed by atoms with Gasteiger partial charge in [-0.05, 0) is 18.6 Å². The first-order valence-corrected chi connectivity index (χ1v) is 8.28. The number of nitrogens with one attached hydrogen (secondary N) is 1. The zero-order valence-electron chi connectivity index (χ0n) is 14.7. The van der Waals surface area contributed by atoms with Gasteiger partial charge in [-0.2, -0.15) is 15.6 Å². The first-order chi connectivity index (χ1) is 13.1. The van der Waals surface area contributed by atoms with Gasteiger partial charge in [0.05, 0.1) is 37.3 Å². The molecule has 9 heteroatoms. The molecule has 27 heavy (non-hydrogen) atoms. The largest absolute Gasteiger partial charge is 0.495 e. The van der Waals surface area contributed by atoms with Crippen LogP contribution in [0.25, 0.3) is 0 Å². The fraction of sp³-hybridized carbons (Fsp3) is 0.333. The number of benzene rings is 1. The SMILES string of the molecule is COc1cc(Nc2nn(C3COCCC3C#N)cc2C(N)=O)ccc1C#N. The fourth-order valence-corrected chi connectivity index (χ4v) is 2.97. The van der Waals surface area contributed by atoms with Crippen LogP contribution < -0.4 is 15.8 Å². The molecule has 2 aromatic rings. The van der Waals surface area contributed by atoms with E-state index in [4.69, 9.17) is 20.5 Å². The third-order valence-electron chi connectivity index (χ3n) is 4.41. The van der Waals surface area contributed by atoms with E-state index in [2.05, 4.69) is 16.5 Å². The lowest BCUT2D eigenvalue weighted by Crippen LogP contribution is -2.29. The fourth-order valence-electron chi connectivity index (χ4n) is 2.97. The minimum atomic E-state index is -0.644. The van der Waals surface area contributed by atoms with Crippen molar-refractivity contribution in [2.24, 2.45) is 11.7 Å². The maximum absolute atomic E-state index is 11.8. The number of nitrogens with zero attached hydrogens (tertiary/aromatic N) is 4. The van der Waals surface area contributed by atoms with E-state index in [9.17, 15) is 10.1 Å². The van der Waals surface area contributed by atoms with Crippen molar-refractivity contribution in [3.63, 3.8) is 0 Å². The summed E-state index contributed by atoms with van der Waals surface area (Å²) in [6.07, 6.45) is 2.12. The number of nitriles is 2.